The molecule has 74 valence electrons. The van der Waals surface area contributed by atoms with E-state index in [9.17, 15) is 0 Å². The average molecular weight is 180 g/mol. The Morgan fingerprint density at radius 3 is 2.31 bits per heavy atom. The molecule has 13 heavy (non-hydrogen) atoms. The normalized spacial score (nSPS) is 58.6. The summed E-state index contributed by atoms with van der Waals surface area (Å²) < 4.78 is 0. The van der Waals surface area contributed by atoms with Gasteiger partial charge in [0.1, 0.15) is 0 Å². The first-order valence-corrected chi connectivity index (χ1v) is 5.68. The number of hydrogen-bond donors (Lipinski definition) is 2. The molecular weight excluding hydrogens is 160 g/mol. The molecule has 4 aliphatic carbocycles. The number of rotatable bonds is 1. The number of likely N-dealkylation sites (N-methyl/N-ethyl adjacent to an activating group) is 1. The van der Waals surface area contributed by atoms with Gasteiger partial charge >= 0.3 is 0 Å². The Bertz CT molecular complexity index is 212. The molecule has 2 nitrogen and oxygen atoms in total. The van der Waals surface area contributed by atoms with E-state index in [0.717, 1.165) is 17.8 Å². The van der Waals surface area contributed by atoms with E-state index < -0.39 is 0 Å². The zero-order valence-electron chi connectivity index (χ0n) is 8.42. The zero-order chi connectivity index (χ0) is 9.05. The molecule has 4 aliphatic rings. The van der Waals surface area contributed by atoms with Gasteiger partial charge < -0.3 is 11.1 Å². The molecule has 0 heterocycles. The summed E-state index contributed by atoms with van der Waals surface area (Å²) in [5, 5.41) is 3.53. The molecule has 0 saturated heterocycles. The van der Waals surface area contributed by atoms with Gasteiger partial charge in [-0.15, -0.1) is 0 Å². The highest BCUT2D eigenvalue weighted by atomic mass is 15.0. The van der Waals surface area contributed by atoms with Crippen molar-refractivity contribution in [2.45, 2.75) is 43.7 Å². The number of nitrogens with two attached hydrogens (primary N) is 1. The Balaban J connectivity index is 1.95. The summed E-state index contributed by atoms with van der Waals surface area (Å²) >= 11 is 0. The Morgan fingerprint density at radius 1 is 1.15 bits per heavy atom. The van der Waals surface area contributed by atoms with Crippen molar-refractivity contribution in [2.24, 2.45) is 23.5 Å². The Hall–Kier alpha value is -0.0800. The van der Waals surface area contributed by atoms with Crippen LogP contribution in [0.25, 0.3) is 0 Å². The maximum absolute atomic E-state index is 6.35. The second-order valence-electron chi connectivity index (χ2n) is 5.54. The predicted octanol–water partition coefficient (Wildman–Crippen LogP) is 1.11. The molecule has 0 aliphatic heterocycles. The van der Waals surface area contributed by atoms with Crippen LogP contribution in [0.4, 0.5) is 0 Å². The Labute approximate surface area is 80.3 Å². The van der Waals surface area contributed by atoms with E-state index in [-0.39, 0.29) is 0 Å². The van der Waals surface area contributed by atoms with Gasteiger partial charge in [-0.2, -0.15) is 0 Å². The van der Waals surface area contributed by atoms with Crippen LogP contribution in [0.2, 0.25) is 0 Å². The first-order valence-electron chi connectivity index (χ1n) is 5.68. The van der Waals surface area contributed by atoms with Crippen LogP contribution < -0.4 is 11.1 Å². The first kappa shape index (κ1) is 8.25. The highest BCUT2D eigenvalue weighted by Crippen LogP contribution is 2.54. The maximum atomic E-state index is 6.35. The first-order chi connectivity index (χ1) is 6.23. The second kappa shape index (κ2) is 2.48. The summed E-state index contributed by atoms with van der Waals surface area (Å²) in [5.74, 6) is 2.81. The van der Waals surface area contributed by atoms with Crippen LogP contribution in [0.1, 0.15) is 32.1 Å². The maximum Gasteiger partial charge on any atom is 0.0338 e. The zero-order valence-corrected chi connectivity index (χ0v) is 8.42. The summed E-state index contributed by atoms with van der Waals surface area (Å²) in [4.78, 5) is 0. The molecular formula is C11H20N2. The summed E-state index contributed by atoms with van der Waals surface area (Å²) in [7, 11) is 2.10. The van der Waals surface area contributed by atoms with Crippen molar-refractivity contribution in [1.29, 1.82) is 0 Å². The average Bonchev–Trinajstić information content (AvgIpc) is 2.12. The van der Waals surface area contributed by atoms with E-state index in [1.54, 1.807) is 0 Å². The third-order valence-corrected chi connectivity index (χ3v) is 4.89. The van der Waals surface area contributed by atoms with Crippen molar-refractivity contribution in [3.05, 3.63) is 0 Å². The van der Waals surface area contributed by atoms with Gasteiger partial charge in [0, 0.05) is 11.6 Å². The minimum Gasteiger partial charge on any atom is -0.326 e. The molecule has 3 N–H and O–H groups in total. The van der Waals surface area contributed by atoms with Crippen LogP contribution in [-0.4, -0.2) is 18.6 Å². The van der Waals surface area contributed by atoms with Gasteiger partial charge in [-0.3, -0.25) is 0 Å². The van der Waals surface area contributed by atoms with Crippen molar-refractivity contribution in [1.82, 2.24) is 5.32 Å². The molecule has 4 bridgehead atoms. The van der Waals surface area contributed by atoms with Crippen LogP contribution in [0, 0.1) is 17.8 Å². The van der Waals surface area contributed by atoms with E-state index in [1.807, 2.05) is 0 Å². The summed E-state index contributed by atoms with van der Waals surface area (Å²) in [6, 6.07) is 0.435. The molecule has 0 radical (unpaired) electrons. The molecule has 3 atom stereocenters. The molecule has 0 aromatic heterocycles. The molecule has 0 aromatic carbocycles. The summed E-state index contributed by atoms with van der Waals surface area (Å²) in [5.41, 5.74) is 6.68. The van der Waals surface area contributed by atoms with Crippen molar-refractivity contribution in [3.63, 3.8) is 0 Å². The van der Waals surface area contributed by atoms with Gasteiger partial charge in [-0.05, 0) is 56.9 Å². The van der Waals surface area contributed by atoms with Crippen LogP contribution in [0.5, 0.6) is 0 Å². The summed E-state index contributed by atoms with van der Waals surface area (Å²) in [6.07, 6.45) is 7.02. The monoisotopic (exact) mass is 180 g/mol. The van der Waals surface area contributed by atoms with Crippen LogP contribution in [0.15, 0.2) is 0 Å². The lowest BCUT2D eigenvalue weighted by atomic mass is 9.51. The third-order valence-electron chi connectivity index (χ3n) is 4.89. The van der Waals surface area contributed by atoms with Gasteiger partial charge in [-0.1, -0.05) is 0 Å². The number of hydrogen-bond acceptors (Lipinski definition) is 2. The van der Waals surface area contributed by atoms with E-state index in [0.29, 0.717) is 11.6 Å². The lowest BCUT2D eigenvalue weighted by Crippen LogP contribution is -2.69. The molecule has 4 fully saturated rings. The Morgan fingerprint density at radius 2 is 1.77 bits per heavy atom. The largest absolute Gasteiger partial charge is 0.326 e. The fraction of sp³-hybridized carbons (Fsp3) is 1.00. The number of nitrogens with one attached hydrogen (secondary N) is 1. The highest BCUT2D eigenvalue weighted by molar-refractivity contribution is 5.12. The third kappa shape index (κ3) is 0.962. The molecule has 2 heteroatoms. The van der Waals surface area contributed by atoms with Gasteiger partial charge in [0.05, 0.1) is 0 Å². The molecule has 0 amide bonds. The quantitative estimate of drug-likeness (QED) is 0.634. The lowest BCUT2D eigenvalue weighted by Gasteiger charge is -2.60. The highest BCUT2D eigenvalue weighted by Gasteiger charge is 2.54. The van der Waals surface area contributed by atoms with Crippen LogP contribution >= 0.6 is 0 Å². The minimum atomic E-state index is 0.328. The standard InChI is InChI=1S/C11H20N2/c1-13-11-5-7-2-8(6-11)4-9(3-7)10(11)12/h7-10,13H,2-6,12H2,1H3. The topological polar surface area (TPSA) is 38.0 Å². The summed E-state index contributed by atoms with van der Waals surface area (Å²) in [6.45, 7) is 0. The van der Waals surface area contributed by atoms with Crippen LogP contribution in [-0.2, 0) is 0 Å². The fourth-order valence-corrected chi connectivity index (χ4v) is 4.45. The van der Waals surface area contributed by atoms with Gasteiger partial charge in [0.25, 0.3) is 0 Å². The predicted molar refractivity (Wildman–Crippen MR) is 53.3 cm³/mol. The molecule has 3 unspecified atom stereocenters. The van der Waals surface area contributed by atoms with Crippen molar-refractivity contribution >= 4 is 0 Å². The van der Waals surface area contributed by atoms with Gasteiger partial charge in [-0.25, -0.2) is 0 Å². The van der Waals surface area contributed by atoms with E-state index in [4.69, 9.17) is 5.73 Å². The van der Waals surface area contributed by atoms with Crippen molar-refractivity contribution in [2.75, 3.05) is 7.05 Å². The van der Waals surface area contributed by atoms with Gasteiger partial charge in [0.15, 0.2) is 0 Å². The lowest BCUT2D eigenvalue weighted by molar-refractivity contribution is -0.0347. The molecule has 0 aromatic rings. The molecule has 4 saturated carbocycles. The van der Waals surface area contributed by atoms with Crippen molar-refractivity contribution < 1.29 is 0 Å². The van der Waals surface area contributed by atoms with E-state index in [2.05, 4.69) is 12.4 Å². The SMILES string of the molecule is CNC12CC3CC(CC(C3)C1N)C2. The van der Waals surface area contributed by atoms with Gasteiger partial charge in [0.2, 0.25) is 0 Å². The van der Waals surface area contributed by atoms with E-state index >= 15 is 0 Å². The minimum absolute atomic E-state index is 0.328. The van der Waals surface area contributed by atoms with Crippen LogP contribution in [0.3, 0.4) is 0 Å². The van der Waals surface area contributed by atoms with E-state index in [1.165, 1.54) is 32.1 Å². The fourth-order valence-electron chi connectivity index (χ4n) is 4.45. The van der Waals surface area contributed by atoms with Crippen molar-refractivity contribution in [3.8, 4) is 0 Å². The molecule has 0 spiro atoms. The Kier molecular flexibility index (Phi) is 1.58. The molecule has 4 rings (SSSR count). The smallest absolute Gasteiger partial charge is 0.0338 e. The second-order valence-corrected chi connectivity index (χ2v) is 5.54.